The van der Waals surface area contributed by atoms with Gasteiger partial charge in [-0.15, -0.1) is 0 Å². The highest BCUT2D eigenvalue weighted by Gasteiger charge is 2.17. The minimum atomic E-state index is -0.569. The number of carbonyl (C=O) groups is 1. The van der Waals surface area contributed by atoms with Gasteiger partial charge in [0.1, 0.15) is 5.75 Å². The van der Waals surface area contributed by atoms with Crippen LogP contribution in [0.5, 0.6) is 5.75 Å². The molecule has 0 bridgehead atoms. The third-order valence-electron chi connectivity index (χ3n) is 3.03. The van der Waals surface area contributed by atoms with E-state index in [1.165, 1.54) is 0 Å². The quantitative estimate of drug-likeness (QED) is 0.813. The van der Waals surface area contributed by atoms with E-state index < -0.39 is 6.10 Å². The van der Waals surface area contributed by atoms with E-state index in [0.717, 1.165) is 18.4 Å². The molecular weight excluding hydrogens is 276 g/mol. The van der Waals surface area contributed by atoms with Crippen LogP contribution in [0.15, 0.2) is 18.2 Å². The molecule has 112 valence electrons. The van der Waals surface area contributed by atoms with Crippen LogP contribution in [0.4, 0.5) is 0 Å². The Balaban J connectivity index is 2.65. The summed E-state index contributed by atoms with van der Waals surface area (Å²) < 4.78 is 5.68. The maximum absolute atomic E-state index is 12.0. The number of hydrogen-bond acceptors (Lipinski definition) is 3. The third-order valence-corrected chi connectivity index (χ3v) is 3.26. The minimum absolute atomic E-state index is 0.121. The molecule has 2 unspecified atom stereocenters. The van der Waals surface area contributed by atoms with Gasteiger partial charge in [-0.3, -0.25) is 4.79 Å². The molecule has 20 heavy (non-hydrogen) atoms. The highest BCUT2D eigenvalue weighted by Crippen LogP contribution is 2.23. The largest absolute Gasteiger partial charge is 0.481 e. The number of nitrogens with two attached hydrogens (primary N) is 1. The molecular formula is C15H23ClN2O2. The van der Waals surface area contributed by atoms with Crippen LogP contribution < -0.4 is 15.8 Å². The van der Waals surface area contributed by atoms with Crippen molar-refractivity contribution in [2.24, 2.45) is 5.73 Å². The fourth-order valence-corrected chi connectivity index (χ4v) is 2.13. The highest BCUT2D eigenvalue weighted by molar-refractivity contribution is 6.30. The molecule has 0 aliphatic rings. The van der Waals surface area contributed by atoms with E-state index in [1.54, 1.807) is 25.1 Å². The molecule has 0 aliphatic carbocycles. The Morgan fingerprint density at radius 2 is 2.15 bits per heavy atom. The molecule has 3 N–H and O–H groups in total. The molecule has 0 spiro atoms. The normalized spacial score (nSPS) is 13.7. The zero-order valence-corrected chi connectivity index (χ0v) is 13.0. The molecule has 0 saturated heterocycles. The molecule has 0 aliphatic heterocycles. The number of carbonyl (C=O) groups excluding carboxylic acids is 1. The topological polar surface area (TPSA) is 64.3 Å². The van der Waals surface area contributed by atoms with Crippen LogP contribution in [0.25, 0.3) is 0 Å². The van der Waals surface area contributed by atoms with Crippen molar-refractivity contribution >= 4 is 17.5 Å². The van der Waals surface area contributed by atoms with Crippen molar-refractivity contribution in [3.8, 4) is 5.75 Å². The lowest BCUT2D eigenvalue weighted by Gasteiger charge is -2.19. The molecule has 4 nitrogen and oxygen atoms in total. The highest BCUT2D eigenvalue weighted by atomic mass is 35.5. The van der Waals surface area contributed by atoms with Gasteiger partial charge in [-0.05, 0) is 38.5 Å². The summed E-state index contributed by atoms with van der Waals surface area (Å²) >= 11 is 5.91. The van der Waals surface area contributed by atoms with Gasteiger partial charge in [0.05, 0.1) is 0 Å². The summed E-state index contributed by atoms with van der Waals surface area (Å²) in [6.45, 7) is 6.12. The molecule has 2 atom stereocenters. The number of ether oxygens (including phenoxy) is 1. The fourth-order valence-electron chi connectivity index (χ4n) is 1.93. The van der Waals surface area contributed by atoms with E-state index in [-0.39, 0.29) is 11.9 Å². The van der Waals surface area contributed by atoms with Crippen molar-refractivity contribution in [1.29, 1.82) is 0 Å². The summed E-state index contributed by atoms with van der Waals surface area (Å²) in [5.41, 5.74) is 6.44. The molecule has 1 rings (SSSR count). The van der Waals surface area contributed by atoms with Crippen LogP contribution in [0.2, 0.25) is 5.02 Å². The van der Waals surface area contributed by atoms with Crippen molar-refractivity contribution in [1.82, 2.24) is 5.32 Å². The Bertz CT molecular complexity index is 451. The summed E-state index contributed by atoms with van der Waals surface area (Å²) in [5, 5.41) is 3.53. The first-order valence-corrected chi connectivity index (χ1v) is 7.31. The lowest BCUT2D eigenvalue weighted by atomic mass is 10.2. The van der Waals surface area contributed by atoms with Gasteiger partial charge in [0, 0.05) is 23.2 Å². The summed E-state index contributed by atoms with van der Waals surface area (Å²) in [7, 11) is 0. The SMILES string of the molecule is CCCC(C)NC(=O)C(C)Oc1ccc(Cl)cc1CN. The van der Waals surface area contributed by atoms with Gasteiger partial charge in [0.15, 0.2) is 6.10 Å². The standard InChI is InChI=1S/C15H23ClN2O2/c1-4-5-10(2)18-15(19)11(3)20-14-7-6-13(16)8-12(14)9-17/h6-8,10-11H,4-5,9,17H2,1-3H3,(H,18,19). The lowest BCUT2D eigenvalue weighted by molar-refractivity contribution is -0.127. The first-order chi connectivity index (χ1) is 9.47. The van der Waals surface area contributed by atoms with Gasteiger partial charge in [0.2, 0.25) is 0 Å². The van der Waals surface area contributed by atoms with Gasteiger partial charge in [-0.25, -0.2) is 0 Å². The maximum Gasteiger partial charge on any atom is 0.260 e. The number of amides is 1. The molecule has 5 heteroatoms. The number of halogens is 1. The molecule has 1 aromatic carbocycles. The van der Waals surface area contributed by atoms with Crippen LogP contribution in [-0.2, 0) is 11.3 Å². The van der Waals surface area contributed by atoms with Crippen LogP contribution in [0.3, 0.4) is 0 Å². The van der Waals surface area contributed by atoms with Gasteiger partial charge in [-0.1, -0.05) is 24.9 Å². The summed E-state index contributed by atoms with van der Waals surface area (Å²) in [6.07, 6.45) is 1.42. The Hall–Kier alpha value is -1.26. The van der Waals surface area contributed by atoms with Gasteiger partial charge in [0.25, 0.3) is 5.91 Å². The number of rotatable bonds is 7. The van der Waals surface area contributed by atoms with Crippen molar-refractivity contribution in [2.75, 3.05) is 0 Å². The fraction of sp³-hybridized carbons (Fsp3) is 0.533. The second-order valence-corrected chi connectivity index (χ2v) is 5.35. The Morgan fingerprint density at radius 3 is 2.75 bits per heavy atom. The van der Waals surface area contributed by atoms with Crippen molar-refractivity contribution in [3.63, 3.8) is 0 Å². The van der Waals surface area contributed by atoms with E-state index in [9.17, 15) is 4.79 Å². The molecule has 0 radical (unpaired) electrons. The predicted molar refractivity (Wildman–Crippen MR) is 81.9 cm³/mol. The Labute approximate surface area is 125 Å². The number of nitrogens with one attached hydrogen (secondary N) is 1. The first-order valence-electron chi connectivity index (χ1n) is 6.93. The second-order valence-electron chi connectivity index (χ2n) is 4.91. The summed E-state index contributed by atoms with van der Waals surface area (Å²) in [6, 6.07) is 5.36. The number of hydrogen-bond donors (Lipinski definition) is 2. The molecule has 1 aromatic rings. The average Bonchev–Trinajstić information content (AvgIpc) is 2.40. The lowest BCUT2D eigenvalue weighted by Crippen LogP contribution is -2.41. The van der Waals surface area contributed by atoms with Crippen LogP contribution in [0, 0.1) is 0 Å². The monoisotopic (exact) mass is 298 g/mol. The van der Waals surface area contributed by atoms with Gasteiger partial charge < -0.3 is 15.8 Å². The Morgan fingerprint density at radius 1 is 1.45 bits per heavy atom. The van der Waals surface area contributed by atoms with Crippen molar-refractivity contribution < 1.29 is 9.53 Å². The van der Waals surface area contributed by atoms with Crippen LogP contribution >= 0.6 is 11.6 Å². The second kappa shape index (κ2) is 8.12. The molecule has 0 fully saturated rings. The Kier molecular flexibility index (Phi) is 6.82. The maximum atomic E-state index is 12.0. The van der Waals surface area contributed by atoms with E-state index in [2.05, 4.69) is 12.2 Å². The summed E-state index contributed by atoms with van der Waals surface area (Å²) in [5.74, 6) is 0.478. The van der Waals surface area contributed by atoms with Crippen LogP contribution in [0.1, 0.15) is 39.2 Å². The van der Waals surface area contributed by atoms with Crippen molar-refractivity contribution in [3.05, 3.63) is 28.8 Å². The zero-order chi connectivity index (χ0) is 15.1. The minimum Gasteiger partial charge on any atom is -0.481 e. The van der Waals surface area contributed by atoms with E-state index in [0.29, 0.717) is 17.3 Å². The smallest absolute Gasteiger partial charge is 0.260 e. The van der Waals surface area contributed by atoms with Gasteiger partial charge in [-0.2, -0.15) is 0 Å². The van der Waals surface area contributed by atoms with Crippen molar-refractivity contribution in [2.45, 2.75) is 52.3 Å². The van der Waals surface area contributed by atoms with E-state index in [4.69, 9.17) is 22.1 Å². The van der Waals surface area contributed by atoms with Gasteiger partial charge >= 0.3 is 0 Å². The molecule has 0 saturated carbocycles. The van der Waals surface area contributed by atoms with E-state index >= 15 is 0 Å². The molecule has 1 amide bonds. The first kappa shape index (κ1) is 16.8. The number of benzene rings is 1. The van der Waals surface area contributed by atoms with Crippen LogP contribution in [-0.4, -0.2) is 18.1 Å². The summed E-state index contributed by atoms with van der Waals surface area (Å²) in [4.78, 5) is 12.0. The molecule has 0 heterocycles. The molecule has 0 aromatic heterocycles. The zero-order valence-electron chi connectivity index (χ0n) is 12.3. The van der Waals surface area contributed by atoms with E-state index in [1.807, 2.05) is 6.92 Å². The predicted octanol–water partition coefficient (Wildman–Crippen LogP) is 2.87. The average molecular weight is 299 g/mol. The third kappa shape index (κ3) is 5.02.